The molecule has 6 heteroatoms. The van der Waals surface area contributed by atoms with Gasteiger partial charge in [-0.3, -0.25) is 4.79 Å². The first-order chi connectivity index (χ1) is 12.1. The van der Waals surface area contributed by atoms with Gasteiger partial charge in [0.2, 0.25) is 0 Å². The van der Waals surface area contributed by atoms with Gasteiger partial charge in [-0.05, 0) is 33.1 Å². The molecule has 1 N–H and O–H groups in total. The molecule has 0 unspecified atom stereocenters. The maximum Gasteiger partial charge on any atom is 0.334 e. The molecule has 1 saturated heterocycles. The smallest absolute Gasteiger partial charge is 0.334 e. The van der Waals surface area contributed by atoms with Gasteiger partial charge in [0, 0.05) is 24.0 Å². The van der Waals surface area contributed by atoms with Crippen molar-refractivity contribution >= 4 is 17.7 Å². The van der Waals surface area contributed by atoms with Gasteiger partial charge in [0.15, 0.2) is 0 Å². The number of esters is 2. The number of aliphatic hydroxyl groups excluding tert-OH is 1. The topological polar surface area (TPSA) is 89.9 Å². The zero-order chi connectivity index (χ0) is 19.4. The van der Waals surface area contributed by atoms with Crippen LogP contribution in [-0.4, -0.2) is 41.1 Å². The van der Waals surface area contributed by atoms with E-state index in [-0.39, 0.29) is 29.6 Å². The molecule has 0 radical (unpaired) electrons. The van der Waals surface area contributed by atoms with Crippen LogP contribution in [0.2, 0.25) is 0 Å². The lowest BCUT2D eigenvalue weighted by Crippen LogP contribution is -2.49. The Bertz CT molecular complexity index is 703. The summed E-state index contributed by atoms with van der Waals surface area (Å²) in [5, 5.41) is 10.5. The molecular weight excluding hydrogens is 336 g/mol. The van der Waals surface area contributed by atoms with Crippen molar-refractivity contribution in [2.75, 3.05) is 0 Å². The molecule has 2 aliphatic carbocycles. The number of ether oxygens (including phenoxy) is 2. The lowest BCUT2D eigenvalue weighted by atomic mass is 9.67. The van der Waals surface area contributed by atoms with Crippen molar-refractivity contribution in [3.63, 3.8) is 0 Å². The van der Waals surface area contributed by atoms with Crippen molar-refractivity contribution in [2.45, 2.75) is 58.8 Å². The Labute approximate surface area is 153 Å². The summed E-state index contributed by atoms with van der Waals surface area (Å²) in [6, 6.07) is 0. The van der Waals surface area contributed by atoms with Gasteiger partial charge >= 0.3 is 11.9 Å². The van der Waals surface area contributed by atoms with E-state index < -0.39 is 41.6 Å². The molecule has 0 aromatic rings. The summed E-state index contributed by atoms with van der Waals surface area (Å²) in [7, 11) is 0. The molecule has 0 aromatic heterocycles. The van der Waals surface area contributed by atoms with Crippen LogP contribution in [0.5, 0.6) is 0 Å². The van der Waals surface area contributed by atoms with Crippen molar-refractivity contribution in [3.8, 4) is 0 Å². The molecule has 0 spiro atoms. The molecule has 0 amide bonds. The highest BCUT2D eigenvalue weighted by atomic mass is 16.6. The van der Waals surface area contributed by atoms with Crippen LogP contribution in [-0.2, 0) is 23.9 Å². The highest BCUT2D eigenvalue weighted by molar-refractivity contribution is 5.93. The molecule has 142 valence electrons. The standard InChI is InChI=1S/C20H26O6/c1-9(2)6-15(23)26-18-16-11(4)19(24)25-13(16)7-10(3)17-12(21)8-14(22)20(17,18)5/h6,10,12-13,16-18,21H,4,7-8H2,1-3,5H3/t10-,12+,13-,16-,17-,18+,20-/m1/s1. The number of aliphatic hydroxyl groups is 1. The summed E-state index contributed by atoms with van der Waals surface area (Å²) in [5.74, 6) is -2.24. The van der Waals surface area contributed by atoms with Crippen LogP contribution in [0.25, 0.3) is 0 Å². The number of hydrogen-bond acceptors (Lipinski definition) is 6. The first kappa shape index (κ1) is 18.8. The highest BCUT2D eigenvalue weighted by Crippen LogP contribution is 2.56. The zero-order valence-electron chi connectivity index (χ0n) is 15.7. The number of carbonyl (C=O) groups is 3. The fourth-order valence-corrected chi connectivity index (χ4v) is 5.14. The molecule has 3 aliphatic rings. The molecule has 0 aromatic carbocycles. The van der Waals surface area contributed by atoms with Crippen LogP contribution >= 0.6 is 0 Å². The molecule has 3 fully saturated rings. The van der Waals surface area contributed by atoms with Gasteiger partial charge < -0.3 is 14.6 Å². The van der Waals surface area contributed by atoms with Gasteiger partial charge in [-0.15, -0.1) is 0 Å². The Morgan fingerprint density at radius 1 is 1.38 bits per heavy atom. The Hall–Kier alpha value is -1.95. The van der Waals surface area contributed by atoms with Crippen molar-refractivity contribution in [3.05, 3.63) is 23.8 Å². The van der Waals surface area contributed by atoms with E-state index in [1.54, 1.807) is 20.8 Å². The second-order valence-corrected chi connectivity index (χ2v) is 8.29. The van der Waals surface area contributed by atoms with E-state index in [1.165, 1.54) is 6.08 Å². The molecule has 7 atom stereocenters. The van der Waals surface area contributed by atoms with Crippen LogP contribution < -0.4 is 0 Å². The monoisotopic (exact) mass is 362 g/mol. The lowest BCUT2D eigenvalue weighted by Gasteiger charge is -2.40. The Kier molecular flexibility index (Phi) is 4.59. The number of hydrogen-bond donors (Lipinski definition) is 1. The third-order valence-electron chi connectivity index (χ3n) is 6.21. The number of Topliss-reactive ketones (excluding diaryl/α,β-unsaturated/α-hetero) is 1. The summed E-state index contributed by atoms with van der Waals surface area (Å²) >= 11 is 0. The zero-order valence-corrected chi connectivity index (χ0v) is 15.7. The normalized spacial score (nSPS) is 41.8. The lowest BCUT2D eigenvalue weighted by molar-refractivity contribution is -0.161. The van der Waals surface area contributed by atoms with Gasteiger partial charge in [-0.2, -0.15) is 0 Å². The van der Waals surface area contributed by atoms with E-state index in [1.807, 2.05) is 6.92 Å². The SMILES string of the molecule is C=C1C(=O)O[C@@H]2C[C@@H](C)[C@@H]3[C@@H](O)CC(=O)[C@@]3(C)[C@@H](OC(=O)C=C(C)C)[C@H]12. The van der Waals surface area contributed by atoms with Crippen LogP contribution in [0.15, 0.2) is 23.8 Å². The van der Waals surface area contributed by atoms with Crippen LogP contribution in [0.4, 0.5) is 0 Å². The summed E-state index contributed by atoms with van der Waals surface area (Å²) in [6.45, 7) is 11.1. The summed E-state index contributed by atoms with van der Waals surface area (Å²) < 4.78 is 11.2. The van der Waals surface area contributed by atoms with Gasteiger partial charge in [0.1, 0.15) is 18.0 Å². The second kappa shape index (κ2) is 6.34. The fourth-order valence-electron chi connectivity index (χ4n) is 5.14. The van der Waals surface area contributed by atoms with E-state index >= 15 is 0 Å². The van der Waals surface area contributed by atoms with Gasteiger partial charge in [-0.25, -0.2) is 9.59 Å². The number of rotatable bonds is 2. The van der Waals surface area contributed by atoms with E-state index in [0.29, 0.717) is 6.42 Å². The Morgan fingerprint density at radius 2 is 2.04 bits per heavy atom. The minimum Gasteiger partial charge on any atom is -0.458 e. The van der Waals surface area contributed by atoms with Crippen molar-refractivity contribution in [1.82, 2.24) is 0 Å². The first-order valence-electron chi connectivity index (χ1n) is 9.04. The third kappa shape index (κ3) is 2.71. The second-order valence-electron chi connectivity index (χ2n) is 8.29. The van der Waals surface area contributed by atoms with E-state index in [2.05, 4.69) is 6.58 Å². The Balaban J connectivity index is 2.10. The summed E-state index contributed by atoms with van der Waals surface area (Å²) in [4.78, 5) is 37.4. The van der Waals surface area contributed by atoms with Crippen LogP contribution in [0.3, 0.4) is 0 Å². The maximum atomic E-state index is 12.9. The molecule has 1 heterocycles. The number of allylic oxidation sites excluding steroid dienone is 1. The molecule has 1 aliphatic heterocycles. The minimum atomic E-state index is -1.08. The van der Waals surface area contributed by atoms with Crippen LogP contribution in [0.1, 0.15) is 40.5 Å². The van der Waals surface area contributed by atoms with Crippen molar-refractivity contribution < 1.29 is 29.0 Å². The highest BCUT2D eigenvalue weighted by Gasteiger charge is 2.65. The number of carbonyl (C=O) groups excluding carboxylic acids is 3. The molecule has 26 heavy (non-hydrogen) atoms. The van der Waals surface area contributed by atoms with Crippen LogP contribution in [0, 0.1) is 23.2 Å². The van der Waals surface area contributed by atoms with E-state index in [4.69, 9.17) is 9.47 Å². The first-order valence-corrected chi connectivity index (χ1v) is 9.04. The fraction of sp³-hybridized carbons (Fsp3) is 0.650. The average molecular weight is 362 g/mol. The predicted molar refractivity (Wildman–Crippen MR) is 92.8 cm³/mol. The molecular formula is C20H26O6. The Morgan fingerprint density at radius 3 is 2.65 bits per heavy atom. The number of ketones is 1. The van der Waals surface area contributed by atoms with Crippen molar-refractivity contribution in [1.29, 1.82) is 0 Å². The van der Waals surface area contributed by atoms with Gasteiger partial charge in [0.05, 0.1) is 17.4 Å². The van der Waals surface area contributed by atoms with Gasteiger partial charge in [0.25, 0.3) is 0 Å². The molecule has 6 nitrogen and oxygen atoms in total. The van der Waals surface area contributed by atoms with E-state index in [0.717, 1.165) is 5.57 Å². The van der Waals surface area contributed by atoms with Gasteiger partial charge in [-0.1, -0.05) is 19.1 Å². The molecule has 3 rings (SSSR count). The number of fused-ring (bicyclic) bond motifs is 2. The van der Waals surface area contributed by atoms with E-state index in [9.17, 15) is 19.5 Å². The molecule has 2 saturated carbocycles. The summed E-state index contributed by atoms with van der Waals surface area (Å²) in [5.41, 5.74) is -0.0841. The summed E-state index contributed by atoms with van der Waals surface area (Å²) in [6.07, 6.45) is -0.309. The third-order valence-corrected chi connectivity index (χ3v) is 6.21. The minimum absolute atomic E-state index is 0.0286. The van der Waals surface area contributed by atoms with Crippen molar-refractivity contribution in [2.24, 2.45) is 23.2 Å². The maximum absolute atomic E-state index is 12.9. The predicted octanol–water partition coefficient (Wildman–Crippen LogP) is 1.96. The quantitative estimate of drug-likeness (QED) is 0.597. The molecule has 0 bridgehead atoms. The largest absolute Gasteiger partial charge is 0.458 e. The average Bonchev–Trinajstić information content (AvgIpc) is 2.87.